The van der Waals surface area contributed by atoms with E-state index in [1.807, 2.05) is 62.4 Å². The molecule has 0 radical (unpaired) electrons. The van der Waals surface area contributed by atoms with E-state index >= 15 is 0 Å². The first-order valence-corrected chi connectivity index (χ1v) is 18.3. The van der Waals surface area contributed by atoms with Crippen LogP contribution in [0.1, 0.15) is 87.2 Å². The summed E-state index contributed by atoms with van der Waals surface area (Å²) in [6.45, 7) is 7.06. The SMILES string of the molecule is CCCCCCCOc1ccc(-c2cnc(-c3ccc(C[C@H](CC(=O)c4ccc(C(C)(C)C#N)cc4)C(=O)N4CC[C@H](C(=O)O)C4)cc3)nc2)cc1. The summed E-state index contributed by atoms with van der Waals surface area (Å²) < 4.78 is 5.90. The van der Waals surface area contributed by atoms with Gasteiger partial charge in [-0.2, -0.15) is 5.26 Å². The second-order valence-electron chi connectivity index (χ2n) is 14.2. The Hall–Kier alpha value is -5.36. The highest BCUT2D eigenvalue weighted by Gasteiger charge is 2.35. The molecule has 1 amide bonds. The van der Waals surface area contributed by atoms with E-state index in [0.29, 0.717) is 30.8 Å². The Morgan fingerprint density at radius 3 is 2.17 bits per heavy atom. The van der Waals surface area contributed by atoms with Crippen molar-refractivity contribution in [3.63, 3.8) is 0 Å². The molecule has 0 saturated carbocycles. The van der Waals surface area contributed by atoms with E-state index in [9.17, 15) is 24.8 Å². The number of carboxylic acids is 1. The summed E-state index contributed by atoms with van der Waals surface area (Å²) in [6.07, 6.45) is 10.3. The number of ketones is 1. The maximum absolute atomic E-state index is 13.8. The van der Waals surface area contributed by atoms with Gasteiger partial charge in [0.2, 0.25) is 5.91 Å². The maximum Gasteiger partial charge on any atom is 0.308 e. The van der Waals surface area contributed by atoms with E-state index in [1.165, 1.54) is 25.7 Å². The molecule has 1 aliphatic rings. The average Bonchev–Trinajstić information content (AvgIpc) is 3.67. The lowest BCUT2D eigenvalue weighted by Crippen LogP contribution is -2.37. The molecule has 2 heterocycles. The van der Waals surface area contributed by atoms with Crippen LogP contribution in [0.3, 0.4) is 0 Å². The number of carbonyl (C=O) groups excluding carboxylic acids is 2. The molecule has 4 aromatic rings. The van der Waals surface area contributed by atoms with Crippen LogP contribution in [-0.4, -0.2) is 57.3 Å². The van der Waals surface area contributed by atoms with Crippen LogP contribution in [0, 0.1) is 23.2 Å². The fourth-order valence-electron chi connectivity index (χ4n) is 6.49. The van der Waals surface area contributed by atoms with Crippen molar-refractivity contribution < 1.29 is 24.2 Å². The molecule has 1 aromatic heterocycles. The molecule has 5 rings (SSSR count). The van der Waals surface area contributed by atoms with Gasteiger partial charge in [-0.15, -0.1) is 0 Å². The number of carboxylic acid groups (broad SMARTS) is 1. The van der Waals surface area contributed by atoms with Crippen LogP contribution in [0.4, 0.5) is 0 Å². The Bertz CT molecular complexity index is 1850. The smallest absolute Gasteiger partial charge is 0.308 e. The average molecular weight is 701 g/mol. The molecular weight excluding hydrogens is 652 g/mol. The van der Waals surface area contributed by atoms with Crippen LogP contribution in [0.2, 0.25) is 0 Å². The molecule has 0 unspecified atom stereocenters. The van der Waals surface area contributed by atoms with Gasteiger partial charge in [-0.25, -0.2) is 9.97 Å². The number of hydrogen-bond donors (Lipinski definition) is 1. The highest BCUT2D eigenvalue weighted by atomic mass is 16.5. The van der Waals surface area contributed by atoms with Crippen LogP contribution >= 0.6 is 0 Å². The number of aliphatic carboxylic acids is 1. The zero-order chi connectivity index (χ0) is 37.1. The highest BCUT2D eigenvalue weighted by Crippen LogP contribution is 2.28. The predicted molar refractivity (Wildman–Crippen MR) is 201 cm³/mol. The topological polar surface area (TPSA) is 133 Å². The van der Waals surface area contributed by atoms with Gasteiger partial charge in [0.1, 0.15) is 5.75 Å². The Morgan fingerprint density at radius 1 is 0.904 bits per heavy atom. The molecule has 3 aromatic carbocycles. The van der Waals surface area contributed by atoms with E-state index in [2.05, 4.69) is 23.0 Å². The quantitative estimate of drug-likeness (QED) is 0.0859. The van der Waals surface area contributed by atoms with E-state index in [1.54, 1.807) is 41.6 Å². The third-order valence-corrected chi connectivity index (χ3v) is 9.89. The van der Waals surface area contributed by atoms with Gasteiger partial charge in [0, 0.05) is 54.5 Å². The number of likely N-dealkylation sites (tertiary alicyclic amines) is 1. The Balaban J connectivity index is 1.24. The molecule has 9 heteroatoms. The number of rotatable bonds is 17. The van der Waals surface area contributed by atoms with Crippen LogP contribution < -0.4 is 4.74 Å². The molecule has 1 saturated heterocycles. The minimum absolute atomic E-state index is 0.0213. The Morgan fingerprint density at radius 2 is 1.56 bits per heavy atom. The summed E-state index contributed by atoms with van der Waals surface area (Å²) in [4.78, 5) is 49.7. The molecule has 2 atom stereocenters. The zero-order valence-electron chi connectivity index (χ0n) is 30.4. The fourth-order valence-corrected chi connectivity index (χ4v) is 6.49. The monoisotopic (exact) mass is 700 g/mol. The van der Waals surface area contributed by atoms with E-state index in [4.69, 9.17) is 4.74 Å². The van der Waals surface area contributed by atoms with Gasteiger partial charge in [-0.1, -0.05) is 93.3 Å². The molecule has 0 aliphatic carbocycles. The lowest BCUT2D eigenvalue weighted by atomic mass is 9.85. The van der Waals surface area contributed by atoms with Crippen LogP contribution in [0.5, 0.6) is 5.75 Å². The molecule has 0 spiro atoms. The number of aromatic nitrogens is 2. The largest absolute Gasteiger partial charge is 0.494 e. The number of Topliss-reactive ketones (excluding diaryl/α,β-unsaturated/α-hetero) is 1. The van der Waals surface area contributed by atoms with Gasteiger partial charge in [0.15, 0.2) is 11.6 Å². The molecule has 9 nitrogen and oxygen atoms in total. The summed E-state index contributed by atoms with van der Waals surface area (Å²) in [5.74, 6) is -1.17. The van der Waals surface area contributed by atoms with Gasteiger partial charge in [0.05, 0.1) is 24.0 Å². The van der Waals surface area contributed by atoms with Gasteiger partial charge < -0.3 is 14.7 Å². The summed E-state index contributed by atoms with van der Waals surface area (Å²) in [7, 11) is 0. The van der Waals surface area contributed by atoms with Crippen molar-refractivity contribution in [3.05, 3.63) is 102 Å². The van der Waals surface area contributed by atoms with Gasteiger partial charge in [-0.05, 0) is 61.9 Å². The van der Waals surface area contributed by atoms with Crippen molar-refractivity contribution in [1.82, 2.24) is 14.9 Å². The molecule has 270 valence electrons. The van der Waals surface area contributed by atoms with Crippen molar-refractivity contribution >= 4 is 17.7 Å². The number of nitrogens with zero attached hydrogens (tertiary/aromatic N) is 4. The summed E-state index contributed by atoms with van der Waals surface area (Å²) in [5, 5.41) is 19.0. The van der Waals surface area contributed by atoms with Crippen LogP contribution in [-0.2, 0) is 21.4 Å². The zero-order valence-corrected chi connectivity index (χ0v) is 30.4. The first-order valence-electron chi connectivity index (χ1n) is 18.3. The molecule has 0 bridgehead atoms. The number of carbonyl (C=O) groups is 3. The van der Waals surface area contributed by atoms with Crippen molar-refractivity contribution in [2.24, 2.45) is 11.8 Å². The Kier molecular flexibility index (Phi) is 12.9. The third-order valence-electron chi connectivity index (χ3n) is 9.89. The predicted octanol–water partition coefficient (Wildman–Crippen LogP) is 8.33. The first-order chi connectivity index (χ1) is 25.1. The number of unbranched alkanes of at least 4 members (excludes halogenated alkanes) is 4. The summed E-state index contributed by atoms with van der Waals surface area (Å²) in [6, 6.07) is 24.9. The van der Waals surface area contributed by atoms with Crippen molar-refractivity contribution in [2.45, 2.75) is 77.6 Å². The molecule has 52 heavy (non-hydrogen) atoms. The highest BCUT2D eigenvalue weighted by molar-refractivity contribution is 5.98. The van der Waals surface area contributed by atoms with Crippen LogP contribution in [0.25, 0.3) is 22.5 Å². The first kappa shape index (κ1) is 37.9. The summed E-state index contributed by atoms with van der Waals surface area (Å²) >= 11 is 0. The maximum atomic E-state index is 13.8. The van der Waals surface area contributed by atoms with Crippen molar-refractivity contribution in [1.29, 1.82) is 5.26 Å². The number of hydrogen-bond acceptors (Lipinski definition) is 7. The number of amides is 1. The molecular formula is C43H48N4O5. The number of ether oxygens (including phenoxy) is 1. The van der Waals surface area contributed by atoms with Gasteiger partial charge in [0.25, 0.3) is 0 Å². The van der Waals surface area contributed by atoms with E-state index in [0.717, 1.165) is 46.6 Å². The second kappa shape index (κ2) is 17.7. The standard InChI is InChI=1S/C43H48N4O5/c1-4-5-6-7-8-23-52-38-19-15-31(16-20-38)36-26-45-40(46-27-36)33-11-9-30(10-12-33)24-35(41(49)47-22-21-34(28-47)42(50)51)25-39(48)32-13-17-37(18-14-32)43(2,3)29-44/h9-20,26-27,34-35H,4-8,21-25,28H2,1-3H3,(H,50,51)/t34-,35+/m0/s1. The molecule has 1 N–H and O–H groups in total. The normalized spacial score (nSPS) is 14.8. The van der Waals surface area contributed by atoms with Crippen molar-refractivity contribution in [2.75, 3.05) is 19.7 Å². The number of nitriles is 1. The molecule has 1 fully saturated rings. The van der Waals surface area contributed by atoms with Gasteiger partial charge >= 0.3 is 5.97 Å². The molecule has 1 aliphatic heterocycles. The fraction of sp³-hybridized carbons (Fsp3) is 0.395. The minimum Gasteiger partial charge on any atom is -0.494 e. The lowest BCUT2D eigenvalue weighted by Gasteiger charge is -2.23. The van der Waals surface area contributed by atoms with E-state index in [-0.39, 0.29) is 24.7 Å². The minimum atomic E-state index is -0.916. The van der Waals surface area contributed by atoms with Gasteiger partial charge in [-0.3, -0.25) is 14.4 Å². The second-order valence-corrected chi connectivity index (χ2v) is 14.2. The number of benzene rings is 3. The summed E-state index contributed by atoms with van der Waals surface area (Å²) in [5.41, 5.74) is 4.16. The Labute approximate surface area is 306 Å². The van der Waals surface area contributed by atoms with Crippen molar-refractivity contribution in [3.8, 4) is 34.3 Å². The van der Waals surface area contributed by atoms with E-state index < -0.39 is 23.2 Å². The lowest BCUT2D eigenvalue weighted by molar-refractivity contribution is -0.141. The third kappa shape index (κ3) is 9.91. The van der Waals surface area contributed by atoms with Crippen LogP contribution in [0.15, 0.2) is 85.2 Å².